The Morgan fingerprint density at radius 1 is 1.03 bits per heavy atom. The molecule has 1 amide bonds. The normalized spacial score (nSPS) is 10.7. The molecule has 0 aliphatic carbocycles. The summed E-state index contributed by atoms with van der Waals surface area (Å²) in [6, 6.07) is 13.5. The van der Waals surface area contributed by atoms with Crippen molar-refractivity contribution in [2.75, 3.05) is 26.6 Å². The molecular formula is C21H21N3O4S. The fraction of sp³-hybridized carbons (Fsp3) is 0.190. The Balaban J connectivity index is 1.66. The second-order valence-electron chi connectivity index (χ2n) is 5.94. The van der Waals surface area contributed by atoms with Crippen molar-refractivity contribution in [1.82, 2.24) is 10.2 Å². The highest BCUT2D eigenvalue weighted by Crippen LogP contribution is 2.38. The van der Waals surface area contributed by atoms with E-state index in [2.05, 4.69) is 15.5 Å². The number of nitrogens with one attached hydrogen (secondary N) is 1. The number of aromatic nitrogens is 2. The van der Waals surface area contributed by atoms with Crippen LogP contribution in [0.4, 0.5) is 5.13 Å². The van der Waals surface area contributed by atoms with Gasteiger partial charge in [0.05, 0.1) is 21.3 Å². The third kappa shape index (κ3) is 5.32. The first-order valence-electron chi connectivity index (χ1n) is 8.78. The van der Waals surface area contributed by atoms with Crippen LogP contribution in [0.1, 0.15) is 16.1 Å². The second-order valence-corrected chi connectivity index (χ2v) is 7.01. The van der Waals surface area contributed by atoms with Gasteiger partial charge in [-0.15, -0.1) is 10.2 Å². The first-order valence-corrected chi connectivity index (χ1v) is 9.60. The third-order valence-electron chi connectivity index (χ3n) is 4.01. The van der Waals surface area contributed by atoms with E-state index in [9.17, 15) is 4.79 Å². The Hall–Kier alpha value is -3.39. The fourth-order valence-electron chi connectivity index (χ4n) is 2.66. The highest BCUT2D eigenvalue weighted by atomic mass is 32.1. The van der Waals surface area contributed by atoms with E-state index in [1.54, 1.807) is 32.4 Å². The molecular weight excluding hydrogens is 390 g/mol. The lowest BCUT2D eigenvalue weighted by Crippen LogP contribution is -2.07. The zero-order chi connectivity index (χ0) is 20.6. The number of carbonyl (C=O) groups is 1. The lowest BCUT2D eigenvalue weighted by atomic mass is 10.1. The number of nitrogens with zero attached hydrogens (tertiary/aromatic N) is 2. The van der Waals surface area contributed by atoms with Crippen molar-refractivity contribution in [3.8, 4) is 17.2 Å². The van der Waals surface area contributed by atoms with Gasteiger partial charge in [-0.05, 0) is 29.3 Å². The molecule has 0 unspecified atom stereocenters. The van der Waals surface area contributed by atoms with Crippen LogP contribution < -0.4 is 19.5 Å². The van der Waals surface area contributed by atoms with Crippen LogP contribution in [0.3, 0.4) is 0 Å². The molecule has 0 aliphatic rings. The minimum absolute atomic E-state index is 0.304. The number of amides is 1. The predicted molar refractivity (Wildman–Crippen MR) is 113 cm³/mol. The molecule has 1 aromatic heterocycles. The van der Waals surface area contributed by atoms with Crippen molar-refractivity contribution >= 4 is 28.5 Å². The molecule has 150 valence electrons. The third-order valence-corrected chi connectivity index (χ3v) is 4.85. The molecule has 0 bridgehead atoms. The van der Waals surface area contributed by atoms with E-state index in [0.717, 1.165) is 16.1 Å². The molecule has 29 heavy (non-hydrogen) atoms. The average molecular weight is 411 g/mol. The maximum atomic E-state index is 12.2. The molecule has 0 saturated carbocycles. The van der Waals surface area contributed by atoms with Crippen molar-refractivity contribution in [3.05, 3.63) is 64.7 Å². The van der Waals surface area contributed by atoms with Crippen molar-refractivity contribution in [2.24, 2.45) is 0 Å². The first kappa shape index (κ1) is 20.3. The van der Waals surface area contributed by atoms with Gasteiger partial charge in [0.15, 0.2) is 11.5 Å². The fourth-order valence-corrected chi connectivity index (χ4v) is 3.44. The Bertz CT molecular complexity index is 977. The smallest absolute Gasteiger partial charge is 0.250 e. The standard InChI is InChI=1S/C21H21N3O4S/c1-26-16-11-15(12-17(27-2)20(16)28-3)9-10-18(25)22-21-24-23-19(29-21)13-14-7-5-4-6-8-14/h4-12H,13H2,1-3H3,(H,22,24,25). The van der Waals surface area contributed by atoms with Gasteiger partial charge < -0.3 is 14.2 Å². The van der Waals surface area contributed by atoms with Crippen molar-refractivity contribution in [3.63, 3.8) is 0 Å². The van der Waals surface area contributed by atoms with Gasteiger partial charge in [-0.25, -0.2) is 0 Å². The number of rotatable bonds is 8. The van der Waals surface area contributed by atoms with Crippen LogP contribution in [0.25, 0.3) is 6.08 Å². The summed E-state index contributed by atoms with van der Waals surface area (Å²) in [6.07, 6.45) is 3.75. The van der Waals surface area contributed by atoms with Crippen LogP contribution >= 0.6 is 11.3 Å². The van der Waals surface area contributed by atoms with E-state index >= 15 is 0 Å². The number of hydrogen-bond donors (Lipinski definition) is 1. The minimum Gasteiger partial charge on any atom is -0.493 e. The molecule has 1 N–H and O–H groups in total. The van der Waals surface area contributed by atoms with Crippen LogP contribution in [0.15, 0.2) is 48.5 Å². The van der Waals surface area contributed by atoms with E-state index in [-0.39, 0.29) is 5.91 Å². The Labute approximate surface area is 173 Å². The quantitative estimate of drug-likeness (QED) is 0.568. The monoisotopic (exact) mass is 411 g/mol. The molecule has 0 aliphatic heterocycles. The van der Waals surface area contributed by atoms with Gasteiger partial charge in [-0.1, -0.05) is 41.7 Å². The summed E-state index contributed by atoms with van der Waals surface area (Å²) in [5.41, 5.74) is 1.88. The average Bonchev–Trinajstić information content (AvgIpc) is 3.18. The summed E-state index contributed by atoms with van der Waals surface area (Å²) in [4.78, 5) is 12.2. The maximum absolute atomic E-state index is 12.2. The number of anilines is 1. The second kappa shape index (κ2) is 9.70. The molecule has 0 saturated heterocycles. The molecule has 3 aromatic rings. The van der Waals surface area contributed by atoms with Crippen molar-refractivity contribution < 1.29 is 19.0 Å². The van der Waals surface area contributed by atoms with Crippen LogP contribution in [0.2, 0.25) is 0 Å². The summed E-state index contributed by atoms with van der Waals surface area (Å²) < 4.78 is 15.9. The van der Waals surface area contributed by atoms with Crippen LogP contribution in [-0.2, 0) is 11.2 Å². The zero-order valence-electron chi connectivity index (χ0n) is 16.3. The van der Waals surface area contributed by atoms with E-state index in [4.69, 9.17) is 14.2 Å². The lowest BCUT2D eigenvalue weighted by Gasteiger charge is -2.12. The SMILES string of the molecule is COc1cc(C=CC(=O)Nc2nnc(Cc3ccccc3)s2)cc(OC)c1OC. The number of carbonyl (C=O) groups excluding carboxylic acids is 1. The Morgan fingerprint density at radius 3 is 2.34 bits per heavy atom. The molecule has 0 atom stereocenters. The number of ether oxygens (including phenoxy) is 3. The molecule has 0 spiro atoms. The largest absolute Gasteiger partial charge is 0.493 e. The molecule has 7 nitrogen and oxygen atoms in total. The Kier molecular flexibility index (Phi) is 6.80. The maximum Gasteiger partial charge on any atom is 0.250 e. The summed E-state index contributed by atoms with van der Waals surface area (Å²) in [5.74, 6) is 1.22. The summed E-state index contributed by atoms with van der Waals surface area (Å²) in [7, 11) is 4.62. The topological polar surface area (TPSA) is 82.6 Å². The van der Waals surface area contributed by atoms with E-state index < -0.39 is 0 Å². The van der Waals surface area contributed by atoms with E-state index in [1.165, 1.54) is 24.5 Å². The number of methoxy groups -OCH3 is 3. The van der Waals surface area contributed by atoms with Crippen LogP contribution in [-0.4, -0.2) is 37.4 Å². The summed E-state index contributed by atoms with van der Waals surface area (Å²) in [6.45, 7) is 0. The van der Waals surface area contributed by atoms with Crippen LogP contribution in [0.5, 0.6) is 17.2 Å². The van der Waals surface area contributed by atoms with Crippen LogP contribution in [0, 0.1) is 0 Å². The molecule has 2 aromatic carbocycles. The van der Waals surface area contributed by atoms with Gasteiger partial charge in [-0.3, -0.25) is 10.1 Å². The molecule has 3 rings (SSSR count). The predicted octanol–water partition coefficient (Wildman–Crippen LogP) is 3.81. The highest BCUT2D eigenvalue weighted by Gasteiger charge is 2.12. The van der Waals surface area contributed by atoms with Gasteiger partial charge >= 0.3 is 0 Å². The molecule has 0 fully saturated rings. The first-order chi connectivity index (χ1) is 14.1. The van der Waals surface area contributed by atoms with Gasteiger partial charge in [0.25, 0.3) is 0 Å². The number of benzene rings is 2. The van der Waals surface area contributed by atoms with Gasteiger partial charge in [-0.2, -0.15) is 0 Å². The lowest BCUT2D eigenvalue weighted by molar-refractivity contribution is -0.111. The van der Waals surface area contributed by atoms with Gasteiger partial charge in [0.2, 0.25) is 16.8 Å². The minimum atomic E-state index is -0.304. The van der Waals surface area contributed by atoms with Gasteiger partial charge in [0, 0.05) is 12.5 Å². The van der Waals surface area contributed by atoms with E-state index in [1.807, 2.05) is 30.3 Å². The highest BCUT2D eigenvalue weighted by molar-refractivity contribution is 7.15. The molecule has 0 radical (unpaired) electrons. The zero-order valence-corrected chi connectivity index (χ0v) is 17.2. The number of hydrogen-bond acceptors (Lipinski definition) is 7. The van der Waals surface area contributed by atoms with Gasteiger partial charge in [0.1, 0.15) is 5.01 Å². The molecule has 8 heteroatoms. The summed E-state index contributed by atoms with van der Waals surface area (Å²) in [5, 5.41) is 12.2. The Morgan fingerprint density at radius 2 is 1.72 bits per heavy atom. The molecule has 1 heterocycles. The van der Waals surface area contributed by atoms with E-state index in [0.29, 0.717) is 28.8 Å². The van der Waals surface area contributed by atoms with Crippen molar-refractivity contribution in [2.45, 2.75) is 6.42 Å². The van der Waals surface area contributed by atoms with Crippen molar-refractivity contribution in [1.29, 1.82) is 0 Å². The summed E-state index contributed by atoms with van der Waals surface area (Å²) >= 11 is 1.35.